The zero-order valence-corrected chi connectivity index (χ0v) is 14.2. The Morgan fingerprint density at radius 3 is 2.46 bits per heavy atom. The molecule has 1 aliphatic rings. The fourth-order valence-electron chi connectivity index (χ4n) is 3.27. The molecule has 1 fully saturated rings. The number of carbonyl (C=O) groups excluding carboxylic acids is 2. The van der Waals surface area contributed by atoms with Gasteiger partial charge in [0, 0.05) is 24.0 Å². The maximum atomic E-state index is 12.9. The van der Waals surface area contributed by atoms with Crippen LogP contribution in [0.2, 0.25) is 0 Å². The molecular weight excluding hydrogens is 330 g/mol. The predicted octanol–water partition coefficient (Wildman–Crippen LogP) is 3.08. The van der Waals surface area contributed by atoms with Crippen molar-refractivity contribution in [2.75, 3.05) is 13.1 Å². The van der Waals surface area contributed by atoms with Crippen molar-refractivity contribution in [1.29, 1.82) is 0 Å². The first-order chi connectivity index (χ1) is 12.7. The number of ether oxygens (including phenoxy) is 1. The third kappa shape index (κ3) is 3.06. The second kappa shape index (κ2) is 7.00. The second-order valence-corrected chi connectivity index (χ2v) is 6.35. The van der Waals surface area contributed by atoms with Gasteiger partial charge in [0.1, 0.15) is 0 Å². The van der Waals surface area contributed by atoms with Gasteiger partial charge in [-0.2, -0.15) is 5.10 Å². The molecule has 4 rings (SSSR count). The Morgan fingerprint density at radius 1 is 1.00 bits per heavy atom. The minimum absolute atomic E-state index is 0.179. The largest absolute Gasteiger partial charge is 0.442 e. The number of fused-ring (bicyclic) bond motifs is 1. The lowest BCUT2D eigenvalue weighted by atomic mass is 10.1. The normalized spacial score (nSPS) is 15.2. The molecule has 6 heteroatoms. The Balaban J connectivity index is 1.64. The number of nitrogens with zero attached hydrogens (tertiary/aromatic N) is 2. The second-order valence-electron chi connectivity index (χ2n) is 6.35. The van der Waals surface area contributed by atoms with Crippen LogP contribution in [-0.2, 0) is 9.53 Å². The lowest BCUT2D eigenvalue weighted by Gasteiger charge is -2.23. The molecule has 26 heavy (non-hydrogen) atoms. The van der Waals surface area contributed by atoms with Crippen molar-refractivity contribution < 1.29 is 14.3 Å². The summed E-state index contributed by atoms with van der Waals surface area (Å²) in [5.74, 6) is -0.786. The van der Waals surface area contributed by atoms with Crippen molar-refractivity contribution in [3.63, 3.8) is 0 Å². The first kappa shape index (κ1) is 16.3. The molecule has 1 saturated heterocycles. The van der Waals surface area contributed by atoms with E-state index in [0.29, 0.717) is 24.0 Å². The summed E-state index contributed by atoms with van der Waals surface area (Å²) in [6.45, 7) is 1.40. The van der Waals surface area contributed by atoms with E-state index in [4.69, 9.17) is 4.74 Å². The Bertz CT molecular complexity index is 930. The number of aromatic nitrogens is 2. The van der Waals surface area contributed by atoms with Crippen molar-refractivity contribution in [2.24, 2.45) is 0 Å². The van der Waals surface area contributed by atoms with Crippen molar-refractivity contribution in [1.82, 2.24) is 15.1 Å². The maximum absolute atomic E-state index is 12.9. The van der Waals surface area contributed by atoms with Crippen LogP contribution in [0.5, 0.6) is 0 Å². The van der Waals surface area contributed by atoms with Crippen LogP contribution in [0.4, 0.5) is 0 Å². The van der Waals surface area contributed by atoms with Gasteiger partial charge in [0.25, 0.3) is 5.91 Å². The standard InChI is InChI=1S/C20H19N3O3/c24-19(23-12-6-7-13-23)18(14-8-2-1-3-9-14)26-20(25)17-15-10-4-5-11-16(15)21-22-17/h1-5,8-11,18H,6-7,12-13H2,(H,21,22)/t18-/m0/s1. The highest BCUT2D eigenvalue weighted by Crippen LogP contribution is 2.25. The number of likely N-dealkylation sites (tertiary alicyclic amines) is 1. The molecule has 0 spiro atoms. The number of nitrogens with one attached hydrogen (secondary N) is 1. The molecule has 0 aliphatic carbocycles. The number of esters is 1. The quantitative estimate of drug-likeness (QED) is 0.735. The van der Waals surface area contributed by atoms with Crippen molar-refractivity contribution >= 4 is 22.8 Å². The van der Waals surface area contributed by atoms with Gasteiger partial charge in [-0.25, -0.2) is 4.79 Å². The van der Waals surface area contributed by atoms with Crippen LogP contribution in [0.25, 0.3) is 10.9 Å². The summed E-state index contributed by atoms with van der Waals surface area (Å²) in [5.41, 5.74) is 1.61. The molecule has 1 atom stereocenters. The highest BCUT2D eigenvalue weighted by atomic mass is 16.5. The Kier molecular flexibility index (Phi) is 4.39. The van der Waals surface area contributed by atoms with E-state index in [2.05, 4.69) is 10.2 Å². The first-order valence-corrected chi connectivity index (χ1v) is 8.72. The summed E-state index contributed by atoms with van der Waals surface area (Å²) in [5, 5.41) is 7.57. The van der Waals surface area contributed by atoms with Crippen LogP contribution in [0.3, 0.4) is 0 Å². The minimum atomic E-state index is -0.961. The monoisotopic (exact) mass is 349 g/mol. The molecule has 6 nitrogen and oxygen atoms in total. The first-order valence-electron chi connectivity index (χ1n) is 8.72. The molecule has 2 heterocycles. The van der Waals surface area contributed by atoms with E-state index in [9.17, 15) is 9.59 Å². The summed E-state index contributed by atoms with van der Waals surface area (Å²) in [4.78, 5) is 27.4. The smallest absolute Gasteiger partial charge is 0.360 e. The van der Waals surface area contributed by atoms with E-state index in [1.165, 1.54) is 0 Å². The fraction of sp³-hybridized carbons (Fsp3) is 0.250. The average molecular weight is 349 g/mol. The number of para-hydroxylation sites is 1. The van der Waals surface area contributed by atoms with Crippen LogP contribution in [-0.4, -0.2) is 40.1 Å². The molecule has 1 amide bonds. The number of benzene rings is 2. The van der Waals surface area contributed by atoms with E-state index in [1.807, 2.05) is 36.4 Å². The minimum Gasteiger partial charge on any atom is -0.442 e. The zero-order valence-electron chi connectivity index (χ0n) is 14.2. The number of rotatable bonds is 4. The summed E-state index contributed by atoms with van der Waals surface area (Å²) < 4.78 is 5.65. The van der Waals surface area contributed by atoms with Gasteiger partial charge < -0.3 is 9.64 Å². The summed E-state index contributed by atoms with van der Waals surface area (Å²) in [6.07, 6.45) is 0.994. The van der Waals surface area contributed by atoms with Crippen molar-refractivity contribution in [3.8, 4) is 0 Å². The van der Waals surface area contributed by atoms with Gasteiger partial charge in [-0.3, -0.25) is 9.89 Å². The number of amides is 1. The van der Waals surface area contributed by atoms with Gasteiger partial charge in [0.2, 0.25) is 6.10 Å². The van der Waals surface area contributed by atoms with Crippen LogP contribution >= 0.6 is 0 Å². The van der Waals surface area contributed by atoms with Gasteiger partial charge in [-0.1, -0.05) is 48.5 Å². The average Bonchev–Trinajstić information content (AvgIpc) is 3.36. The molecule has 0 saturated carbocycles. The zero-order chi connectivity index (χ0) is 17.9. The van der Waals surface area contributed by atoms with E-state index >= 15 is 0 Å². The molecule has 0 unspecified atom stereocenters. The molecule has 3 aromatic rings. The molecule has 132 valence electrons. The van der Waals surface area contributed by atoms with Crippen LogP contribution in [0.15, 0.2) is 54.6 Å². The molecule has 1 aliphatic heterocycles. The van der Waals surface area contributed by atoms with Crippen molar-refractivity contribution in [2.45, 2.75) is 18.9 Å². The third-order valence-corrected chi connectivity index (χ3v) is 4.63. The molecule has 1 aromatic heterocycles. The highest BCUT2D eigenvalue weighted by Gasteiger charge is 2.32. The van der Waals surface area contributed by atoms with Gasteiger partial charge in [-0.05, 0) is 18.9 Å². The van der Waals surface area contributed by atoms with Gasteiger partial charge in [0.05, 0.1) is 5.52 Å². The number of aromatic amines is 1. The lowest BCUT2D eigenvalue weighted by molar-refractivity contribution is -0.140. The number of hydrogen-bond acceptors (Lipinski definition) is 4. The molecule has 1 N–H and O–H groups in total. The van der Waals surface area contributed by atoms with Gasteiger partial charge >= 0.3 is 5.97 Å². The number of H-pyrrole nitrogens is 1. The fourth-order valence-corrected chi connectivity index (χ4v) is 3.27. The van der Waals surface area contributed by atoms with Crippen LogP contribution < -0.4 is 0 Å². The molecule has 0 radical (unpaired) electrons. The predicted molar refractivity (Wildman–Crippen MR) is 96.5 cm³/mol. The van der Waals surface area contributed by atoms with Gasteiger partial charge in [0.15, 0.2) is 5.69 Å². The molecular formula is C20H19N3O3. The maximum Gasteiger partial charge on any atom is 0.360 e. The summed E-state index contributed by atoms with van der Waals surface area (Å²) in [7, 11) is 0. The Hall–Kier alpha value is -3.15. The number of carbonyl (C=O) groups is 2. The highest BCUT2D eigenvalue weighted by molar-refractivity contribution is 6.02. The van der Waals surface area contributed by atoms with E-state index in [0.717, 1.165) is 18.4 Å². The topological polar surface area (TPSA) is 75.3 Å². The van der Waals surface area contributed by atoms with Crippen LogP contribution in [0, 0.1) is 0 Å². The van der Waals surface area contributed by atoms with E-state index < -0.39 is 12.1 Å². The number of hydrogen-bond donors (Lipinski definition) is 1. The van der Waals surface area contributed by atoms with Crippen LogP contribution in [0.1, 0.15) is 35.0 Å². The van der Waals surface area contributed by atoms with E-state index in [1.54, 1.807) is 23.1 Å². The molecule has 2 aromatic carbocycles. The lowest BCUT2D eigenvalue weighted by Crippen LogP contribution is -2.35. The Morgan fingerprint density at radius 2 is 1.69 bits per heavy atom. The summed E-state index contributed by atoms with van der Waals surface area (Å²) in [6, 6.07) is 16.5. The van der Waals surface area contributed by atoms with Gasteiger partial charge in [-0.15, -0.1) is 0 Å². The van der Waals surface area contributed by atoms with Crippen molar-refractivity contribution in [3.05, 3.63) is 65.9 Å². The van der Waals surface area contributed by atoms with E-state index in [-0.39, 0.29) is 11.6 Å². The third-order valence-electron chi connectivity index (χ3n) is 4.63. The Labute approximate surface area is 150 Å². The SMILES string of the molecule is O=C(O[C@H](C(=O)N1CCCC1)c1ccccc1)c1n[nH]c2ccccc12. The molecule has 0 bridgehead atoms. The summed E-state index contributed by atoms with van der Waals surface area (Å²) >= 11 is 0.